The molecule has 0 radical (unpaired) electrons. The number of hydrogen-bond donors (Lipinski definition) is 1. The molecule has 0 atom stereocenters. The zero-order chi connectivity index (χ0) is 15.7. The first kappa shape index (κ1) is 17.2. The number of rotatable bonds is 5. The number of benzene rings is 1. The molecule has 0 aromatic heterocycles. The molecule has 0 bridgehead atoms. The van der Waals surface area contributed by atoms with E-state index in [9.17, 15) is 8.42 Å². The molecule has 7 heteroatoms. The van der Waals surface area contributed by atoms with Crippen LogP contribution >= 0.6 is 27.5 Å². The molecule has 1 aliphatic rings. The average Bonchev–Trinajstić information content (AvgIpc) is 2.90. The third-order valence-corrected chi connectivity index (χ3v) is 6.89. The second-order valence-electron chi connectivity index (χ2n) is 5.73. The van der Waals surface area contributed by atoms with Crippen LogP contribution in [0, 0.1) is 0 Å². The van der Waals surface area contributed by atoms with E-state index in [4.69, 9.17) is 11.6 Å². The summed E-state index contributed by atoms with van der Waals surface area (Å²) in [6, 6.07) is 4.63. The zero-order valence-corrected chi connectivity index (χ0v) is 15.4. The predicted octanol–water partition coefficient (Wildman–Crippen LogP) is 3.26. The monoisotopic (exact) mass is 394 g/mol. The van der Waals surface area contributed by atoms with E-state index in [0.29, 0.717) is 16.0 Å². The van der Waals surface area contributed by atoms with E-state index in [2.05, 4.69) is 25.6 Å². The van der Waals surface area contributed by atoms with Gasteiger partial charge in [0.2, 0.25) is 10.0 Å². The van der Waals surface area contributed by atoms with E-state index in [1.54, 1.807) is 6.07 Å². The van der Waals surface area contributed by atoms with Gasteiger partial charge in [0.15, 0.2) is 0 Å². The first-order chi connectivity index (χ1) is 9.77. The highest BCUT2D eigenvalue weighted by Crippen LogP contribution is 2.33. The lowest BCUT2D eigenvalue weighted by atomic mass is 9.97. The Morgan fingerprint density at radius 1 is 1.33 bits per heavy atom. The second kappa shape index (κ2) is 6.54. The molecule has 0 aliphatic heterocycles. The fraction of sp³-hybridized carbons (Fsp3) is 0.571. The van der Waals surface area contributed by atoms with E-state index in [1.807, 2.05) is 14.1 Å². The average molecular weight is 396 g/mol. The summed E-state index contributed by atoms with van der Waals surface area (Å²) in [6.07, 6.45) is 4.33. The molecule has 1 aromatic carbocycles. The van der Waals surface area contributed by atoms with Gasteiger partial charge in [-0.1, -0.05) is 24.4 Å². The first-order valence-corrected chi connectivity index (χ1v) is 9.54. The lowest BCUT2D eigenvalue weighted by Gasteiger charge is -2.36. The Hall–Kier alpha value is -0.140. The molecule has 4 nitrogen and oxygen atoms in total. The maximum atomic E-state index is 12.4. The molecule has 1 N–H and O–H groups in total. The van der Waals surface area contributed by atoms with Gasteiger partial charge >= 0.3 is 0 Å². The van der Waals surface area contributed by atoms with Gasteiger partial charge in [-0.2, -0.15) is 0 Å². The molecule has 1 aliphatic carbocycles. The number of nitrogens with zero attached hydrogens (tertiary/aromatic N) is 1. The fourth-order valence-corrected chi connectivity index (χ4v) is 4.57. The van der Waals surface area contributed by atoms with Crippen molar-refractivity contribution < 1.29 is 8.42 Å². The molecular formula is C14H20BrClN2O2S. The van der Waals surface area contributed by atoms with Gasteiger partial charge in [-0.3, -0.25) is 0 Å². The van der Waals surface area contributed by atoms with Crippen molar-refractivity contribution in [2.24, 2.45) is 0 Å². The van der Waals surface area contributed by atoms with Crippen LogP contribution in [0.2, 0.25) is 5.02 Å². The van der Waals surface area contributed by atoms with Crippen molar-refractivity contribution in [1.82, 2.24) is 9.62 Å². The van der Waals surface area contributed by atoms with Crippen LogP contribution in [0.15, 0.2) is 27.6 Å². The third-order valence-electron chi connectivity index (χ3n) is 4.28. The van der Waals surface area contributed by atoms with Crippen LogP contribution < -0.4 is 4.72 Å². The Balaban J connectivity index is 2.15. The summed E-state index contributed by atoms with van der Waals surface area (Å²) in [5.74, 6) is 0. The van der Waals surface area contributed by atoms with Gasteiger partial charge in [-0.05, 0) is 61.1 Å². The van der Waals surface area contributed by atoms with Gasteiger partial charge in [-0.15, -0.1) is 0 Å². The van der Waals surface area contributed by atoms with Crippen LogP contribution in [0.5, 0.6) is 0 Å². The summed E-state index contributed by atoms with van der Waals surface area (Å²) >= 11 is 9.16. The molecule has 21 heavy (non-hydrogen) atoms. The zero-order valence-electron chi connectivity index (χ0n) is 12.2. The molecule has 1 fully saturated rings. The minimum Gasteiger partial charge on any atom is -0.302 e. The topological polar surface area (TPSA) is 49.4 Å². The molecule has 1 aromatic rings. The van der Waals surface area contributed by atoms with Crippen LogP contribution in [0.3, 0.4) is 0 Å². The summed E-state index contributed by atoms with van der Waals surface area (Å²) in [5.41, 5.74) is -0.0727. The van der Waals surface area contributed by atoms with Gasteiger partial charge < -0.3 is 4.90 Å². The number of likely N-dealkylation sites (N-methyl/N-ethyl adjacent to an activating group) is 1. The number of hydrogen-bond acceptors (Lipinski definition) is 3. The minimum absolute atomic E-state index is 0.0727. The van der Waals surface area contributed by atoms with Gasteiger partial charge in [0, 0.05) is 16.6 Å². The minimum atomic E-state index is -3.52. The van der Waals surface area contributed by atoms with Crippen LogP contribution in [0.1, 0.15) is 25.7 Å². The lowest BCUT2D eigenvalue weighted by Crippen LogP contribution is -2.50. The van der Waals surface area contributed by atoms with Crippen LogP contribution in [0.25, 0.3) is 0 Å². The van der Waals surface area contributed by atoms with Crippen LogP contribution in [0.4, 0.5) is 0 Å². The van der Waals surface area contributed by atoms with Crippen LogP contribution in [-0.2, 0) is 10.0 Å². The smallest absolute Gasteiger partial charge is 0.240 e. The van der Waals surface area contributed by atoms with Crippen molar-refractivity contribution in [1.29, 1.82) is 0 Å². The molecule has 0 heterocycles. The summed E-state index contributed by atoms with van der Waals surface area (Å²) in [7, 11) is 0.501. The van der Waals surface area contributed by atoms with Crippen molar-refractivity contribution in [2.45, 2.75) is 36.1 Å². The summed E-state index contributed by atoms with van der Waals surface area (Å²) < 4.78 is 28.2. The molecule has 2 rings (SSSR count). The summed E-state index contributed by atoms with van der Waals surface area (Å²) in [6.45, 7) is 0.433. The molecule has 0 unspecified atom stereocenters. The van der Waals surface area contributed by atoms with E-state index in [-0.39, 0.29) is 10.4 Å². The predicted molar refractivity (Wildman–Crippen MR) is 89.2 cm³/mol. The number of halogens is 2. The maximum absolute atomic E-state index is 12.4. The molecule has 1 saturated carbocycles. The van der Waals surface area contributed by atoms with Crippen molar-refractivity contribution >= 4 is 37.6 Å². The normalized spacial score (nSPS) is 18.3. The highest BCUT2D eigenvalue weighted by atomic mass is 79.9. The molecule has 0 spiro atoms. The maximum Gasteiger partial charge on any atom is 0.240 e. The van der Waals surface area contributed by atoms with Gasteiger partial charge in [0.1, 0.15) is 0 Å². The van der Waals surface area contributed by atoms with Gasteiger partial charge in [0.05, 0.1) is 9.92 Å². The molecule has 0 saturated heterocycles. The largest absolute Gasteiger partial charge is 0.302 e. The standard InChI is InChI=1S/C14H20BrClN2O2S/c1-18(2)14(7-3-4-8-14)10-17-21(19,20)11-5-6-13(16)12(15)9-11/h5-6,9,17H,3-4,7-8,10H2,1-2H3. The Morgan fingerprint density at radius 2 is 1.95 bits per heavy atom. The third kappa shape index (κ3) is 3.79. The quantitative estimate of drug-likeness (QED) is 0.832. The Labute approximate surface area is 140 Å². The van der Waals surface area contributed by atoms with E-state index >= 15 is 0 Å². The van der Waals surface area contributed by atoms with Crippen LogP contribution in [-0.4, -0.2) is 39.5 Å². The summed E-state index contributed by atoms with van der Waals surface area (Å²) in [4.78, 5) is 2.37. The first-order valence-electron chi connectivity index (χ1n) is 6.89. The SMILES string of the molecule is CN(C)C1(CNS(=O)(=O)c2ccc(Cl)c(Br)c2)CCCC1. The Kier molecular flexibility index (Phi) is 5.36. The second-order valence-corrected chi connectivity index (χ2v) is 8.75. The molecule has 118 valence electrons. The molecule has 0 amide bonds. The fourth-order valence-electron chi connectivity index (χ4n) is 2.77. The molecular weight excluding hydrogens is 376 g/mol. The van der Waals surface area contributed by atoms with Gasteiger partial charge in [-0.25, -0.2) is 13.1 Å². The van der Waals surface area contributed by atoms with Gasteiger partial charge in [0.25, 0.3) is 0 Å². The number of nitrogens with one attached hydrogen (secondary N) is 1. The van der Waals surface area contributed by atoms with Crippen molar-refractivity contribution in [3.05, 3.63) is 27.7 Å². The lowest BCUT2D eigenvalue weighted by molar-refractivity contribution is 0.162. The van der Waals surface area contributed by atoms with E-state index in [0.717, 1.165) is 25.7 Å². The van der Waals surface area contributed by atoms with Crippen molar-refractivity contribution in [3.8, 4) is 0 Å². The highest BCUT2D eigenvalue weighted by molar-refractivity contribution is 9.10. The Bertz CT molecular complexity index is 613. The van der Waals surface area contributed by atoms with E-state index in [1.165, 1.54) is 12.1 Å². The number of sulfonamides is 1. The highest BCUT2D eigenvalue weighted by Gasteiger charge is 2.37. The Morgan fingerprint density at radius 3 is 2.48 bits per heavy atom. The van der Waals surface area contributed by atoms with E-state index < -0.39 is 10.0 Å². The van der Waals surface area contributed by atoms with Crippen molar-refractivity contribution in [2.75, 3.05) is 20.6 Å². The van der Waals surface area contributed by atoms with Crippen molar-refractivity contribution in [3.63, 3.8) is 0 Å². The summed E-state index contributed by atoms with van der Waals surface area (Å²) in [5, 5.41) is 0.495.